The van der Waals surface area contributed by atoms with Gasteiger partial charge in [-0.25, -0.2) is 9.07 Å². The Morgan fingerprint density at radius 3 is 2.69 bits per heavy atom. The second kappa shape index (κ2) is 7.07. The lowest BCUT2D eigenvalue weighted by Crippen LogP contribution is -2.19. The van der Waals surface area contributed by atoms with Crippen molar-refractivity contribution in [2.75, 3.05) is 5.32 Å². The number of hydrogen-bond donors (Lipinski definition) is 1. The molecule has 0 radical (unpaired) electrons. The van der Waals surface area contributed by atoms with Crippen LogP contribution >= 0.6 is 0 Å². The SMILES string of the molecule is CCn1nc(C)c(-c2cn(CC(=O)Nc3ccc(C)cc3F)nn2)c1C. The van der Waals surface area contributed by atoms with E-state index in [1.807, 2.05) is 25.5 Å². The molecule has 136 valence electrons. The first-order valence-corrected chi connectivity index (χ1v) is 8.39. The number of carbonyl (C=O) groups excluding carboxylic acids is 1. The number of benzene rings is 1. The fourth-order valence-electron chi connectivity index (χ4n) is 2.92. The van der Waals surface area contributed by atoms with Crippen LogP contribution in [0.3, 0.4) is 0 Å². The number of rotatable bonds is 5. The van der Waals surface area contributed by atoms with Gasteiger partial charge in [-0.2, -0.15) is 5.10 Å². The average molecular weight is 356 g/mol. The number of halogens is 1. The minimum Gasteiger partial charge on any atom is -0.322 e. The van der Waals surface area contributed by atoms with Crippen LogP contribution < -0.4 is 5.32 Å². The molecule has 0 aliphatic heterocycles. The van der Waals surface area contributed by atoms with Crippen molar-refractivity contribution in [2.45, 2.75) is 40.8 Å². The first-order valence-electron chi connectivity index (χ1n) is 8.39. The molecule has 8 heteroatoms. The summed E-state index contributed by atoms with van der Waals surface area (Å²) < 4.78 is 17.2. The van der Waals surface area contributed by atoms with Crippen molar-refractivity contribution in [1.82, 2.24) is 24.8 Å². The van der Waals surface area contributed by atoms with Crippen LogP contribution in [-0.4, -0.2) is 30.7 Å². The highest BCUT2D eigenvalue weighted by Gasteiger charge is 2.16. The summed E-state index contributed by atoms with van der Waals surface area (Å²) in [6, 6.07) is 4.66. The van der Waals surface area contributed by atoms with Crippen LogP contribution in [0, 0.1) is 26.6 Å². The zero-order chi connectivity index (χ0) is 18.8. The second-order valence-electron chi connectivity index (χ2n) is 6.19. The van der Waals surface area contributed by atoms with E-state index in [9.17, 15) is 9.18 Å². The third kappa shape index (κ3) is 3.49. The smallest absolute Gasteiger partial charge is 0.246 e. The summed E-state index contributed by atoms with van der Waals surface area (Å²) in [4.78, 5) is 12.2. The first-order chi connectivity index (χ1) is 12.4. The number of amides is 1. The number of nitrogens with one attached hydrogen (secondary N) is 1. The minimum absolute atomic E-state index is 0.0552. The summed E-state index contributed by atoms with van der Waals surface area (Å²) in [6.45, 7) is 8.42. The van der Waals surface area contributed by atoms with Crippen LogP contribution in [0.25, 0.3) is 11.3 Å². The van der Waals surface area contributed by atoms with E-state index < -0.39 is 5.82 Å². The predicted octanol–water partition coefficient (Wildman–Crippen LogP) is 2.86. The lowest BCUT2D eigenvalue weighted by molar-refractivity contribution is -0.116. The molecule has 1 N–H and O–H groups in total. The van der Waals surface area contributed by atoms with Crippen LogP contribution in [0.15, 0.2) is 24.4 Å². The highest BCUT2D eigenvalue weighted by molar-refractivity contribution is 5.90. The molecule has 0 aliphatic rings. The number of nitrogens with zero attached hydrogens (tertiary/aromatic N) is 5. The zero-order valence-electron chi connectivity index (χ0n) is 15.2. The molecule has 0 bridgehead atoms. The van der Waals surface area contributed by atoms with Gasteiger partial charge in [-0.1, -0.05) is 11.3 Å². The summed E-state index contributed by atoms with van der Waals surface area (Å²) in [6.07, 6.45) is 1.70. The van der Waals surface area contributed by atoms with Crippen molar-refractivity contribution in [2.24, 2.45) is 0 Å². The van der Waals surface area contributed by atoms with Crippen molar-refractivity contribution in [3.63, 3.8) is 0 Å². The van der Waals surface area contributed by atoms with Crippen molar-refractivity contribution in [3.8, 4) is 11.3 Å². The Labute approximate surface area is 150 Å². The van der Waals surface area contributed by atoms with E-state index in [0.29, 0.717) is 5.69 Å². The molecule has 0 spiro atoms. The highest BCUT2D eigenvalue weighted by atomic mass is 19.1. The number of hydrogen-bond acceptors (Lipinski definition) is 4. The van der Waals surface area contributed by atoms with Gasteiger partial charge in [0.05, 0.1) is 17.6 Å². The summed E-state index contributed by atoms with van der Waals surface area (Å²) in [5, 5.41) is 15.2. The largest absolute Gasteiger partial charge is 0.322 e. The monoisotopic (exact) mass is 356 g/mol. The summed E-state index contributed by atoms with van der Waals surface area (Å²) in [5.74, 6) is -0.835. The minimum atomic E-state index is -0.462. The fraction of sp³-hybridized carbons (Fsp3) is 0.333. The number of carbonyl (C=O) groups is 1. The van der Waals surface area contributed by atoms with Crippen molar-refractivity contribution < 1.29 is 9.18 Å². The van der Waals surface area contributed by atoms with Gasteiger partial charge in [0.2, 0.25) is 5.91 Å². The van der Waals surface area contributed by atoms with Crippen molar-refractivity contribution in [1.29, 1.82) is 0 Å². The topological polar surface area (TPSA) is 77.6 Å². The quantitative estimate of drug-likeness (QED) is 0.762. The van der Waals surface area contributed by atoms with Gasteiger partial charge >= 0.3 is 0 Å². The van der Waals surface area contributed by atoms with E-state index >= 15 is 0 Å². The van der Waals surface area contributed by atoms with E-state index in [-0.39, 0.29) is 18.1 Å². The highest BCUT2D eigenvalue weighted by Crippen LogP contribution is 2.24. The molecule has 0 aliphatic carbocycles. The Hall–Kier alpha value is -3.03. The lowest BCUT2D eigenvalue weighted by atomic mass is 10.1. The number of aryl methyl sites for hydroxylation is 3. The first kappa shape index (κ1) is 17.8. The molecule has 7 nitrogen and oxygen atoms in total. The van der Waals surface area contributed by atoms with E-state index in [1.54, 1.807) is 25.3 Å². The van der Waals surface area contributed by atoms with Gasteiger partial charge in [0.15, 0.2) is 0 Å². The molecule has 2 aromatic heterocycles. The number of aromatic nitrogens is 5. The van der Waals surface area contributed by atoms with Crippen LogP contribution in [0.1, 0.15) is 23.9 Å². The molecular formula is C18H21FN6O. The maximum atomic E-state index is 13.8. The third-order valence-electron chi connectivity index (χ3n) is 4.18. The van der Waals surface area contributed by atoms with E-state index in [1.165, 1.54) is 10.7 Å². The van der Waals surface area contributed by atoms with Crippen LogP contribution in [0.4, 0.5) is 10.1 Å². The maximum absolute atomic E-state index is 13.8. The molecule has 1 aromatic carbocycles. The molecule has 3 aromatic rings. The molecule has 0 saturated carbocycles. The molecule has 0 fully saturated rings. The van der Waals surface area contributed by atoms with Gasteiger partial charge in [-0.15, -0.1) is 5.10 Å². The summed E-state index contributed by atoms with van der Waals surface area (Å²) >= 11 is 0. The maximum Gasteiger partial charge on any atom is 0.246 e. The molecule has 0 atom stereocenters. The fourth-order valence-corrected chi connectivity index (χ4v) is 2.92. The standard InChI is InChI=1S/C18H21FN6O/c1-5-25-13(4)18(12(3)22-25)16-9-24(23-21-16)10-17(26)20-15-7-6-11(2)8-14(15)19/h6-9H,5,10H2,1-4H3,(H,20,26). The predicted molar refractivity (Wildman–Crippen MR) is 96.2 cm³/mol. The normalized spacial score (nSPS) is 11.0. The van der Waals surface area contributed by atoms with Gasteiger partial charge < -0.3 is 5.32 Å². The van der Waals surface area contributed by atoms with E-state index in [2.05, 4.69) is 20.7 Å². The summed E-state index contributed by atoms with van der Waals surface area (Å²) in [5.41, 5.74) is 4.39. The Balaban J connectivity index is 1.74. The van der Waals surface area contributed by atoms with Crippen molar-refractivity contribution in [3.05, 3.63) is 47.2 Å². The van der Waals surface area contributed by atoms with Crippen LogP contribution in [0.5, 0.6) is 0 Å². The summed E-state index contributed by atoms with van der Waals surface area (Å²) in [7, 11) is 0. The van der Waals surface area contributed by atoms with Gasteiger partial charge in [0.25, 0.3) is 0 Å². The zero-order valence-corrected chi connectivity index (χ0v) is 15.2. The van der Waals surface area contributed by atoms with Crippen molar-refractivity contribution >= 4 is 11.6 Å². The molecule has 0 saturated heterocycles. The third-order valence-corrected chi connectivity index (χ3v) is 4.18. The lowest BCUT2D eigenvalue weighted by Gasteiger charge is -2.06. The van der Waals surface area contributed by atoms with Crippen LogP contribution in [0.2, 0.25) is 0 Å². The Morgan fingerprint density at radius 2 is 2.04 bits per heavy atom. The molecular weight excluding hydrogens is 335 g/mol. The van der Waals surface area contributed by atoms with Gasteiger partial charge in [0.1, 0.15) is 18.1 Å². The Kier molecular flexibility index (Phi) is 4.83. The Morgan fingerprint density at radius 1 is 1.27 bits per heavy atom. The van der Waals surface area contributed by atoms with E-state index in [4.69, 9.17) is 0 Å². The van der Waals surface area contributed by atoms with Gasteiger partial charge in [0, 0.05) is 17.8 Å². The van der Waals surface area contributed by atoms with Gasteiger partial charge in [-0.3, -0.25) is 9.48 Å². The second-order valence-corrected chi connectivity index (χ2v) is 6.19. The Bertz CT molecular complexity index is 959. The molecule has 3 rings (SSSR count). The molecule has 2 heterocycles. The average Bonchev–Trinajstić information content (AvgIpc) is 3.13. The molecule has 26 heavy (non-hydrogen) atoms. The molecule has 1 amide bonds. The van der Waals surface area contributed by atoms with Gasteiger partial charge in [-0.05, 0) is 45.4 Å². The number of anilines is 1. The van der Waals surface area contributed by atoms with E-state index in [0.717, 1.165) is 29.1 Å². The molecule has 0 unspecified atom stereocenters. The van der Waals surface area contributed by atoms with Crippen LogP contribution in [-0.2, 0) is 17.9 Å².